The summed E-state index contributed by atoms with van der Waals surface area (Å²) in [4.78, 5) is 10.0. The highest BCUT2D eigenvalue weighted by atomic mass is 32.1. The Hall–Kier alpha value is -3.11. The molecule has 0 aliphatic heterocycles. The van der Waals surface area contributed by atoms with Gasteiger partial charge in [0.15, 0.2) is 0 Å². The van der Waals surface area contributed by atoms with Crippen LogP contribution < -0.4 is 0 Å². The van der Waals surface area contributed by atoms with E-state index in [2.05, 4.69) is 46.4 Å². The second-order valence-electron chi connectivity index (χ2n) is 6.53. The molecule has 3 heterocycles. The van der Waals surface area contributed by atoms with Crippen LogP contribution in [0.3, 0.4) is 0 Å². The van der Waals surface area contributed by atoms with Crippen molar-refractivity contribution in [1.29, 1.82) is 0 Å². The molecule has 0 aliphatic carbocycles. The summed E-state index contributed by atoms with van der Waals surface area (Å²) in [5.41, 5.74) is 4.30. The van der Waals surface area contributed by atoms with Gasteiger partial charge in [-0.25, -0.2) is 9.37 Å². The minimum absolute atomic E-state index is 0.226. The highest BCUT2D eigenvalue weighted by Crippen LogP contribution is 2.35. The van der Waals surface area contributed by atoms with E-state index >= 15 is 0 Å². The summed E-state index contributed by atoms with van der Waals surface area (Å²) in [7, 11) is 0. The van der Waals surface area contributed by atoms with Crippen LogP contribution >= 0.6 is 11.3 Å². The molecule has 4 heteroatoms. The number of rotatable bonds is 3. The van der Waals surface area contributed by atoms with Gasteiger partial charge in [0.05, 0.1) is 5.69 Å². The van der Waals surface area contributed by atoms with Gasteiger partial charge in [0.25, 0.3) is 0 Å². The average molecular weight is 370 g/mol. The van der Waals surface area contributed by atoms with E-state index in [0.29, 0.717) is 0 Å². The first kappa shape index (κ1) is 16.1. The lowest BCUT2D eigenvalue weighted by molar-refractivity contribution is 0.630. The molecule has 0 aliphatic rings. The fourth-order valence-electron chi connectivity index (χ4n) is 3.35. The molecule has 2 nitrogen and oxygen atoms in total. The van der Waals surface area contributed by atoms with E-state index in [0.717, 1.165) is 38.0 Å². The van der Waals surface area contributed by atoms with E-state index in [4.69, 9.17) is 0 Å². The van der Waals surface area contributed by atoms with Crippen LogP contribution in [0.5, 0.6) is 0 Å². The third-order valence-corrected chi connectivity index (χ3v) is 5.76. The second-order valence-corrected chi connectivity index (χ2v) is 7.56. The molecule has 130 valence electrons. The van der Waals surface area contributed by atoms with Gasteiger partial charge in [-0.3, -0.25) is 4.98 Å². The smallest absolute Gasteiger partial charge is 0.124 e. The third kappa shape index (κ3) is 3.09. The van der Waals surface area contributed by atoms with Crippen LogP contribution in [0.2, 0.25) is 0 Å². The molecule has 27 heavy (non-hydrogen) atoms. The van der Waals surface area contributed by atoms with Crippen molar-refractivity contribution >= 4 is 31.6 Å². The second kappa shape index (κ2) is 6.56. The molecule has 3 aromatic heterocycles. The number of benzene rings is 2. The zero-order valence-corrected chi connectivity index (χ0v) is 15.2. The van der Waals surface area contributed by atoms with Crippen molar-refractivity contribution in [2.45, 2.75) is 6.42 Å². The number of hydrogen-bond donors (Lipinski definition) is 0. The lowest BCUT2D eigenvalue weighted by Crippen LogP contribution is -1.91. The normalized spacial score (nSPS) is 11.3. The van der Waals surface area contributed by atoms with E-state index in [9.17, 15) is 4.39 Å². The van der Waals surface area contributed by atoms with Gasteiger partial charge in [-0.2, -0.15) is 0 Å². The van der Waals surface area contributed by atoms with Gasteiger partial charge < -0.3 is 0 Å². The minimum Gasteiger partial charge on any atom is -0.256 e. The van der Waals surface area contributed by atoms with Crippen molar-refractivity contribution in [3.8, 4) is 11.3 Å². The van der Waals surface area contributed by atoms with Crippen LogP contribution in [-0.4, -0.2) is 9.97 Å². The molecule has 0 radical (unpaired) electrons. The Morgan fingerprint density at radius 2 is 1.70 bits per heavy atom. The Bertz CT molecular complexity index is 1260. The van der Waals surface area contributed by atoms with Crippen molar-refractivity contribution in [3.63, 3.8) is 0 Å². The molecule has 5 aromatic rings. The van der Waals surface area contributed by atoms with Crippen LogP contribution in [0.1, 0.15) is 11.1 Å². The number of nitrogens with zero attached hydrogens (tertiary/aromatic N) is 2. The minimum atomic E-state index is -0.226. The summed E-state index contributed by atoms with van der Waals surface area (Å²) in [6.45, 7) is 0. The average Bonchev–Trinajstić information content (AvgIpc) is 3.06. The first-order valence-corrected chi connectivity index (χ1v) is 9.55. The Balaban J connectivity index is 1.58. The van der Waals surface area contributed by atoms with Crippen LogP contribution in [0.4, 0.5) is 4.39 Å². The molecule has 0 saturated carbocycles. The quantitative estimate of drug-likeness (QED) is 0.376. The zero-order chi connectivity index (χ0) is 18.2. The fraction of sp³-hybridized carbons (Fsp3) is 0.0435. The van der Waals surface area contributed by atoms with Gasteiger partial charge in [-0.15, -0.1) is 11.3 Å². The largest absolute Gasteiger partial charge is 0.256 e. The van der Waals surface area contributed by atoms with Crippen molar-refractivity contribution in [3.05, 3.63) is 96.1 Å². The number of aromatic nitrogens is 2. The van der Waals surface area contributed by atoms with Crippen LogP contribution in [0.25, 0.3) is 31.6 Å². The molecule has 0 atom stereocenters. The molecule has 2 aromatic carbocycles. The topological polar surface area (TPSA) is 25.8 Å². The Morgan fingerprint density at radius 3 is 2.59 bits per heavy atom. The van der Waals surface area contributed by atoms with E-state index in [1.807, 2.05) is 30.6 Å². The first-order chi connectivity index (χ1) is 13.3. The molecule has 0 saturated heterocycles. The number of thiophene rings is 1. The van der Waals surface area contributed by atoms with E-state index in [1.54, 1.807) is 17.4 Å². The number of pyridine rings is 2. The molecule has 0 amide bonds. The van der Waals surface area contributed by atoms with Crippen molar-refractivity contribution in [1.82, 2.24) is 9.97 Å². The lowest BCUT2D eigenvalue weighted by Gasteiger charge is -2.05. The molecule has 0 unspecified atom stereocenters. The summed E-state index contributed by atoms with van der Waals surface area (Å²) in [6, 6.07) is 21.5. The summed E-state index contributed by atoms with van der Waals surface area (Å²) < 4.78 is 14.7. The first-order valence-electron chi connectivity index (χ1n) is 8.73. The molecule has 5 rings (SSSR count). The molecular weight excluding hydrogens is 355 g/mol. The summed E-state index contributed by atoms with van der Waals surface area (Å²) in [6.07, 6.45) is 4.55. The maximum Gasteiger partial charge on any atom is 0.124 e. The van der Waals surface area contributed by atoms with Gasteiger partial charge in [0.2, 0.25) is 0 Å². The van der Waals surface area contributed by atoms with Crippen molar-refractivity contribution in [2.24, 2.45) is 0 Å². The van der Waals surface area contributed by atoms with Crippen molar-refractivity contribution in [2.75, 3.05) is 0 Å². The molecule has 0 spiro atoms. The Kier molecular flexibility index (Phi) is 3.91. The fourth-order valence-corrected chi connectivity index (χ4v) is 4.35. The highest BCUT2D eigenvalue weighted by Gasteiger charge is 2.10. The summed E-state index contributed by atoms with van der Waals surface area (Å²) >= 11 is 1.58. The SMILES string of the molecule is Fc1ccc2sc3ncc(-c4cc(Cc5ccccc5)ccn4)cc3c2c1. The predicted molar refractivity (Wildman–Crippen MR) is 110 cm³/mol. The Morgan fingerprint density at radius 1 is 0.815 bits per heavy atom. The van der Waals surface area contributed by atoms with Crippen molar-refractivity contribution < 1.29 is 4.39 Å². The number of halogens is 1. The highest BCUT2D eigenvalue weighted by molar-refractivity contribution is 7.25. The summed E-state index contributed by atoms with van der Waals surface area (Å²) in [5, 5.41) is 1.88. The lowest BCUT2D eigenvalue weighted by atomic mass is 10.0. The maximum atomic E-state index is 13.7. The number of hydrogen-bond acceptors (Lipinski definition) is 3. The standard InChI is InChI=1S/C23H15FN2S/c24-18-6-7-22-19(13-18)20-12-17(14-26-23(20)27-22)21-11-16(8-9-25-21)10-15-4-2-1-3-5-15/h1-9,11-14H,10H2. The third-order valence-electron chi connectivity index (χ3n) is 4.66. The Labute approximate surface area is 160 Å². The molecular formula is C23H15FN2S. The predicted octanol–water partition coefficient (Wildman–Crippen LogP) is 6.24. The summed E-state index contributed by atoms with van der Waals surface area (Å²) in [5.74, 6) is -0.226. The van der Waals surface area contributed by atoms with Crippen LogP contribution in [0.15, 0.2) is 79.1 Å². The molecule has 0 fully saturated rings. The number of fused-ring (bicyclic) bond motifs is 3. The molecule has 0 N–H and O–H groups in total. The molecule has 0 bridgehead atoms. The van der Waals surface area contributed by atoms with E-state index in [-0.39, 0.29) is 5.82 Å². The van der Waals surface area contributed by atoms with Crippen LogP contribution in [-0.2, 0) is 6.42 Å². The van der Waals surface area contributed by atoms with Gasteiger partial charge in [0, 0.05) is 33.4 Å². The van der Waals surface area contributed by atoms with Gasteiger partial charge in [0.1, 0.15) is 10.6 Å². The van der Waals surface area contributed by atoms with Gasteiger partial charge >= 0.3 is 0 Å². The van der Waals surface area contributed by atoms with Crippen LogP contribution in [0, 0.1) is 5.82 Å². The monoisotopic (exact) mass is 370 g/mol. The van der Waals surface area contributed by atoms with Gasteiger partial charge in [-0.05, 0) is 53.9 Å². The van der Waals surface area contributed by atoms with E-state index in [1.165, 1.54) is 17.2 Å². The van der Waals surface area contributed by atoms with E-state index < -0.39 is 0 Å². The van der Waals surface area contributed by atoms with Gasteiger partial charge in [-0.1, -0.05) is 30.3 Å². The maximum absolute atomic E-state index is 13.7. The zero-order valence-electron chi connectivity index (χ0n) is 14.4.